The van der Waals surface area contributed by atoms with E-state index in [-0.39, 0.29) is 0 Å². The van der Waals surface area contributed by atoms with Crippen LogP contribution in [0, 0.1) is 11.3 Å². The van der Waals surface area contributed by atoms with Crippen molar-refractivity contribution in [1.82, 2.24) is 5.32 Å². The first-order chi connectivity index (χ1) is 5.66. The molecule has 0 aliphatic heterocycles. The first kappa shape index (κ1) is 10.4. The molecule has 0 aliphatic rings. The molecule has 66 valence electrons. The Hall–Kier alpha value is -1.57. The van der Waals surface area contributed by atoms with E-state index in [4.69, 9.17) is 10.4 Å². The van der Waals surface area contributed by atoms with Crippen LogP contribution in [-0.2, 0) is 9.59 Å². The van der Waals surface area contributed by atoms with Gasteiger partial charge in [0.05, 0.1) is 6.07 Å². The van der Waals surface area contributed by atoms with Crippen molar-refractivity contribution in [2.24, 2.45) is 0 Å². The van der Waals surface area contributed by atoms with Gasteiger partial charge in [-0.2, -0.15) is 5.26 Å². The maximum Gasteiger partial charge on any atom is 0.312 e. The summed E-state index contributed by atoms with van der Waals surface area (Å²) in [7, 11) is 0. The summed E-state index contributed by atoms with van der Waals surface area (Å²) in [6.07, 6.45) is 0.418. The number of nitriles is 1. The zero-order chi connectivity index (χ0) is 9.40. The molecule has 0 aliphatic carbocycles. The van der Waals surface area contributed by atoms with Gasteiger partial charge in [0.2, 0.25) is 5.91 Å². The van der Waals surface area contributed by atoms with Gasteiger partial charge in [0.1, 0.15) is 6.42 Å². The molecule has 0 atom stereocenters. The molecule has 1 amide bonds. The van der Waals surface area contributed by atoms with Gasteiger partial charge < -0.3 is 10.4 Å². The summed E-state index contributed by atoms with van der Waals surface area (Å²) in [6.45, 7) is 0.361. The number of carboxylic acids is 1. The number of nitrogens with zero attached hydrogens (tertiary/aromatic N) is 1. The number of unbranched alkanes of at least 4 members (excludes halogenated alkanes) is 1. The number of carbonyl (C=O) groups excluding carboxylic acids is 1. The van der Waals surface area contributed by atoms with E-state index in [0.29, 0.717) is 19.4 Å². The highest BCUT2D eigenvalue weighted by Gasteiger charge is 2.05. The molecule has 0 aromatic rings. The Balaban J connectivity index is 3.33. The summed E-state index contributed by atoms with van der Waals surface area (Å²) in [5.74, 6) is -1.66. The number of carboxylic acid groups (broad SMARTS) is 1. The minimum absolute atomic E-state index is 0.361. The molecule has 0 bridgehead atoms. The van der Waals surface area contributed by atoms with E-state index < -0.39 is 18.3 Å². The molecule has 0 heterocycles. The van der Waals surface area contributed by atoms with Crippen LogP contribution in [0.2, 0.25) is 0 Å². The van der Waals surface area contributed by atoms with Gasteiger partial charge in [0.25, 0.3) is 0 Å². The monoisotopic (exact) mass is 170 g/mol. The fourth-order valence-electron chi connectivity index (χ4n) is 0.595. The molecule has 12 heavy (non-hydrogen) atoms. The van der Waals surface area contributed by atoms with Crippen LogP contribution in [0.3, 0.4) is 0 Å². The lowest BCUT2D eigenvalue weighted by molar-refractivity contribution is -0.140. The number of hydrogen-bond donors (Lipinski definition) is 2. The summed E-state index contributed by atoms with van der Waals surface area (Å²) in [6, 6.07) is 1.91. The second-order valence-electron chi connectivity index (χ2n) is 2.18. The van der Waals surface area contributed by atoms with Gasteiger partial charge in [-0.15, -0.1) is 0 Å². The summed E-state index contributed by atoms with van der Waals surface area (Å²) in [5.41, 5.74) is 0. The van der Waals surface area contributed by atoms with Gasteiger partial charge in [0, 0.05) is 13.0 Å². The molecule has 0 aromatic carbocycles. The Morgan fingerprint density at radius 3 is 2.67 bits per heavy atom. The number of nitrogens with one attached hydrogen (secondary N) is 1. The van der Waals surface area contributed by atoms with Crippen LogP contribution < -0.4 is 5.32 Å². The van der Waals surface area contributed by atoms with Crippen molar-refractivity contribution in [1.29, 1.82) is 5.26 Å². The van der Waals surface area contributed by atoms with Crippen LogP contribution in [0.1, 0.15) is 19.3 Å². The Morgan fingerprint density at radius 1 is 1.50 bits per heavy atom. The topological polar surface area (TPSA) is 90.2 Å². The van der Waals surface area contributed by atoms with E-state index in [9.17, 15) is 9.59 Å². The Labute approximate surface area is 70.0 Å². The van der Waals surface area contributed by atoms with Crippen molar-refractivity contribution in [2.45, 2.75) is 19.3 Å². The smallest absolute Gasteiger partial charge is 0.312 e. The third-order valence-corrected chi connectivity index (χ3v) is 1.10. The van der Waals surface area contributed by atoms with Crippen molar-refractivity contribution in [3.63, 3.8) is 0 Å². The van der Waals surface area contributed by atoms with Gasteiger partial charge in [-0.3, -0.25) is 9.59 Å². The van der Waals surface area contributed by atoms with Crippen LogP contribution in [-0.4, -0.2) is 23.5 Å². The highest BCUT2D eigenvalue weighted by Crippen LogP contribution is 1.84. The van der Waals surface area contributed by atoms with E-state index in [1.807, 2.05) is 6.07 Å². The lowest BCUT2D eigenvalue weighted by Gasteiger charge is -1.99. The molecule has 0 fully saturated rings. The van der Waals surface area contributed by atoms with Crippen molar-refractivity contribution in [2.75, 3.05) is 6.54 Å². The maximum absolute atomic E-state index is 10.6. The summed E-state index contributed by atoms with van der Waals surface area (Å²) in [4.78, 5) is 20.6. The zero-order valence-electron chi connectivity index (χ0n) is 6.54. The SMILES string of the molecule is N#CCCCNC(=O)CC(=O)O. The first-order valence-electron chi connectivity index (χ1n) is 3.52. The van der Waals surface area contributed by atoms with Gasteiger partial charge in [-0.05, 0) is 6.42 Å². The summed E-state index contributed by atoms with van der Waals surface area (Å²) < 4.78 is 0. The molecule has 0 rings (SSSR count). The minimum atomic E-state index is -1.15. The van der Waals surface area contributed by atoms with E-state index in [2.05, 4.69) is 5.32 Å². The highest BCUT2D eigenvalue weighted by atomic mass is 16.4. The molecule has 5 nitrogen and oxygen atoms in total. The molecular weight excluding hydrogens is 160 g/mol. The van der Waals surface area contributed by atoms with E-state index in [1.165, 1.54) is 0 Å². The molecule has 0 radical (unpaired) electrons. The van der Waals surface area contributed by atoms with Gasteiger partial charge >= 0.3 is 5.97 Å². The van der Waals surface area contributed by atoms with Crippen LogP contribution in [0.5, 0.6) is 0 Å². The fourth-order valence-corrected chi connectivity index (χ4v) is 0.595. The number of rotatable bonds is 5. The molecule has 0 unspecified atom stereocenters. The van der Waals surface area contributed by atoms with Crippen LogP contribution in [0.25, 0.3) is 0 Å². The molecule has 0 aromatic heterocycles. The van der Waals surface area contributed by atoms with Crippen LogP contribution >= 0.6 is 0 Å². The predicted molar refractivity (Wildman–Crippen MR) is 40.1 cm³/mol. The van der Waals surface area contributed by atoms with Crippen molar-refractivity contribution < 1.29 is 14.7 Å². The van der Waals surface area contributed by atoms with E-state index >= 15 is 0 Å². The van der Waals surface area contributed by atoms with E-state index in [0.717, 1.165) is 0 Å². The maximum atomic E-state index is 10.6. The van der Waals surface area contributed by atoms with Crippen molar-refractivity contribution in [3.05, 3.63) is 0 Å². The van der Waals surface area contributed by atoms with Crippen LogP contribution in [0.15, 0.2) is 0 Å². The molecule has 0 spiro atoms. The Morgan fingerprint density at radius 2 is 2.17 bits per heavy atom. The Kier molecular flexibility index (Phi) is 5.35. The van der Waals surface area contributed by atoms with Gasteiger partial charge in [-0.1, -0.05) is 0 Å². The van der Waals surface area contributed by atoms with Gasteiger partial charge in [-0.25, -0.2) is 0 Å². The fraction of sp³-hybridized carbons (Fsp3) is 0.571. The quantitative estimate of drug-likeness (QED) is 0.444. The highest BCUT2D eigenvalue weighted by molar-refractivity contribution is 5.93. The largest absolute Gasteiger partial charge is 0.481 e. The minimum Gasteiger partial charge on any atom is -0.481 e. The molecule has 0 saturated carbocycles. The third kappa shape index (κ3) is 6.55. The number of amides is 1. The second-order valence-corrected chi connectivity index (χ2v) is 2.18. The van der Waals surface area contributed by atoms with Crippen molar-refractivity contribution >= 4 is 11.9 Å². The van der Waals surface area contributed by atoms with Crippen molar-refractivity contribution in [3.8, 4) is 6.07 Å². The first-order valence-corrected chi connectivity index (χ1v) is 3.52. The third-order valence-electron chi connectivity index (χ3n) is 1.10. The lowest BCUT2D eigenvalue weighted by Crippen LogP contribution is -2.26. The molecule has 2 N–H and O–H groups in total. The summed E-state index contributed by atoms with van der Waals surface area (Å²) >= 11 is 0. The van der Waals surface area contributed by atoms with Crippen LogP contribution in [0.4, 0.5) is 0 Å². The molecule has 5 heteroatoms. The Bertz CT molecular complexity index is 207. The normalized spacial score (nSPS) is 8.58. The summed E-state index contributed by atoms with van der Waals surface area (Å²) in [5, 5.41) is 18.7. The number of aliphatic carboxylic acids is 1. The standard InChI is InChI=1S/C7H10N2O3/c8-3-1-2-4-9-6(10)5-7(11)12/h1-2,4-5H2,(H,9,10)(H,11,12). The second kappa shape index (κ2) is 6.16. The molecule has 0 saturated heterocycles. The lowest BCUT2D eigenvalue weighted by atomic mass is 10.3. The number of hydrogen-bond acceptors (Lipinski definition) is 3. The molecular formula is C7H10N2O3. The average Bonchev–Trinajstić information content (AvgIpc) is 1.97. The zero-order valence-corrected chi connectivity index (χ0v) is 6.54. The average molecular weight is 170 g/mol. The van der Waals surface area contributed by atoms with Gasteiger partial charge in [0.15, 0.2) is 0 Å². The number of carbonyl (C=O) groups is 2. The predicted octanol–water partition coefficient (Wildman–Crippen LogP) is -0.119. The van der Waals surface area contributed by atoms with E-state index in [1.54, 1.807) is 0 Å².